The molecule has 4 nitrogen and oxygen atoms in total. The minimum Gasteiger partial charge on any atom is -0.370 e. The predicted octanol–water partition coefficient (Wildman–Crippen LogP) is 3.27. The van der Waals surface area contributed by atoms with Gasteiger partial charge in [-0.2, -0.15) is 4.98 Å². The van der Waals surface area contributed by atoms with Crippen molar-refractivity contribution in [2.75, 3.05) is 17.6 Å². The Labute approximate surface area is 132 Å². The third kappa shape index (κ3) is 1.88. The van der Waals surface area contributed by atoms with E-state index in [1.807, 2.05) is 0 Å². The maximum absolute atomic E-state index is 6.09. The molecule has 0 unspecified atom stereocenters. The Kier molecular flexibility index (Phi) is 2.74. The van der Waals surface area contributed by atoms with Gasteiger partial charge in [0.15, 0.2) is 0 Å². The monoisotopic (exact) mass is 298 g/mol. The lowest BCUT2D eigenvalue weighted by Gasteiger charge is -2.56. The lowest BCUT2D eigenvalue weighted by Crippen LogP contribution is -2.49. The second kappa shape index (κ2) is 4.59. The first-order valence-corrected chi connectivity index (χ1v) is 9.13. The number of rotatable bonds is 1. The highest BCUT2D eigenvalue weighted by molar-refractivity contribution is 5.53. The largest absolute Gasteiger partial charge is 0.370 e. The molecule has 0 amide bonds. The minimum atomic E-state index is 0.321. The van der Waals surface area contributed by atoms with E-state index in [0.29, 0.717) is 11.4 Å². The molecular weight excluding hydrogens is 272 g/mol. The molecule has 0 atom stereocenters. The molecule has 4 heteroatoms. The van der Waals surface area contributed by atoms with Crippen molar-refractivity contribution in [2.45, 2.75) is 63.2 Å². The van der Waals surface area contributed by atoms with E-state index in [1.54, 1.807) is 0 Å². The molecule has 4 saturated carbocycles. The fraction of sp³-hybridized carbons (Fsp3) is 0.778. The van der Waals surface area contributed by atoms with Crippen LogP contribution in [0.5, 0.6) is 0 Å². The first-order valence-electron chi connectivity index (χ1n) is 9.13. The van der Waals surface area contributed by atoms with Gasteiger partial charge in [0, 0.05) is 17.5 Å². The van der Waals surface area contributed by atoms with Crippen LogP contribution < -0.4 is 11.1 Å². The van der Waals surface area contributed by atoms with Gasteiger partial charge in [0.2, 0.25) is 5.95 Å². The van der Waals surface area contributed by atoms with Crippen LogP contribution in [0.4, 0.5) is 11.8 Å². The first kappa shape index (κ1) is 13.1. The summed E-state index contributed by atoms with van der Waals surface area (Å²) in [5.41, 5.74) is 9.15. The zero-order valence-electron chi connectivity index (χ0n) is 13.3. The van der Waals surface area contributed by atoms with E-state index < -0.39 is 0 Å². The quantitative estimate of drug-likeness (QED) is 0.835. The van der Waals surface area contributed by atoms with E-state index in [4.69, 9.17) is 10.7 Å². The van der Waals surface area contributed by atoms with Gasteiger partial charge in [0.1, 0.15) is 5.82 Å². The molecule has 0 radical (unpaired) electrons. The van der Waals surface area contributed by atoms with Crippen LogP contribution >= 0.6 is 0 Å². The Morgan fingerprint density at radius 1 is 0.955 bits per heavy atom. The summed E-state index contributed by atoms with van der Waals surface area (Å²) < 4.78 is 0. The van der Waals surface area contributed by atoms with Gasteiger partial charge in [-0.3, -0.25) is 0 Å². The number of nitrogen functional groups attached to an aromatic ring is 1. The second-order valence-corrected chi connectivity index (χ2v) is 8.34. The summed E-state index contributed by atoms with van der Waals surface area (Å²) in [6.45, 7) is 1.02. The van der Waals surface area contributed by atoms with Gasteiger partial charge in [-0.1, -0.05) is 0 Å². The molecule has 4 aliphatic carbocycles. The number of nitrogens with zero attached hydrogens (tertiary/aromatic N) is 2. The molecule has 0 saturated heterocycles. The summed E-state index contributed by atoms with van der Waals surface area (Å²) in [4.78, 5) is 9.36. The van der Waals surface area contributed by atoms with Crippen LogP contribution in [0.25, 0.3) is 0 Å². The van der Waals surface area contributed by atoms with Crippen LogP contribution in [0.3, 0.4) is 0 Å². The van der Waals surface area contributed by atoms with Crippen molar-refractivity contribution in [3.05, 3.63) is 11.3 Å². The van der Waals surface area contributed by atoms with Crippen molar-refractivity contribution < 1.29 is 0 Å². The van der Waals surface area contributed by atoms with E-state index in [1.165, 1.54) is 62.6 Å². The maximum atomic E-state index is 6.09. The number of fused-ring (bicyclic) bond motifs is 1. The van der Waals surface area contributed by atoms with Crippen molar-refractivity contribution in [1.29, 1.82) is 0 Å². The molecule has 22 heavy (non-hydrogen) atoms. The Morgan fingerprint density at radius 2 is 1.64 bits per heavy atom. The summed E-state index contributed by atoms with van der Waals surface area (Å²) in [6, 6.07) is 0. The molecule has 0 aromatic carbocycles. The van der Waals surface area contributed by atoms with Crippen LogP contribution in [0, 0.1) is 17.8 Å². The molecule has 0 spiro atoms. The fourth-order valence-corrected chi connectivity index (χ4v) is 6.36. The highest BCUT2D eigenvalue weighted by Gasteiger charge is 2.53. The van der Waals surface area contributed by atoms with Gasteiger partial charge in [-0.25, -0.2) is 4.98 Å². The van der Waals surface area contributed by atoms with Crippen LogP contribution in [0.1, 0.15) is 62.6 Å². The Hall–Kier alpha value is -1.32. The molecule has 118 valence electrons. The van der Waals surface area contributed by atoms with Crippen molar-refractivity contribution in [1.82, 2.24) is 9.97 Å². The number of anilines is 2. The predicted molar refractivity (Wildman–Crippen MR) is 87.7 cm³/mol. The average molecular weight is 298 g/mol. The molecule has 1 aromatic heterocycles. The number of nitrogens with two attached hydrogens (primary N) is 1. The van der Waals surface area contributed by atoms with Gasteiger partial charge in [-0.15, -0.1) is 0 Å². The Morgan fingerprint density at radius 3 is 2.32 bits per heavy atom. The molecule has 5 aliphatic rings. The van der Waals surface area contributed by atoms with Crippen LogP contribution in [0.2, 0.25) is 0 Å². The topological polar surface area (TPSA) is 63.8 Å². The lowest BCUT2D eigenvalue weighted by molar-refractivity contribution is -0.00758. The van der Waals surface area contributed by atoms with E-state index in [2.05, 4.69) is 10.3 Å². The number of nitrogens with one attached hydrogen (secondary N) is 1. The van der Waals surface area contributed by atoms with Crippen LogP contribution in [-0.4, -0.2) is 16.5 Å². The SMILES string of the molecule is Nc1nc2c(c(C34CC5CC(CC(C5)C3)C4)n1)CCCCN2. The number of aromatic nitrogens is 2. The molecule has 1 aromatic rings. The number of hydrogen-bond donors (Lipinski definition) is 2. The van der Waals surface area contributed by atoms with Crippen molar-refractivity contribution in [2.24, 2.45) is 17.8 Å². The third-order valence-electron chi connectivity index (χ3n) is 6.71. The summed E-state index contributed by atoms with van der Waals surface area (Å²) in [6.07, 6.45) is 12.1. The molecule has 4 fully saturated rings. The summed E-state index contributed by atoms with van der Waals surface area (Å²) >= 11 is 0. The summed E-state index contributed by atoms with van der Waals surface area (Å²) in [5.74, 6) is 4.33. The Balaban J connectivity index is 1.64. The molecule has 3 N–H and O–H groups in total. The van der Waals surface area contributed by atoms with Crippen LogP contribution in [0.15, 0.2) is 0 Å². The molecular formula is C18H26N4. The molecule has 6 rings (SSSR count). The van der Waals surface area contributed by atoms with Gasteiger partial charge in [0.05, 0.1) is 5.69 Å². The highest BCUT2D eigenvalue weighted by Crippen LogP contribution is 2.61. The fourth-order valence-electron chi connectivity index (χ4n) is 6.36. The van der Waals surface area contributed by atoms with Crippen LogP contribution in [-0.2, 0) is 11.8 Å². The van der Waals surface area contributed by atoms with Gasteiger partial charge < -0.3 is 11.1 Å². The van der Waals surface area contributed by atoms with Gasteiger partial charge in [0.25, 0.3) is 0 Å². The first-order chi connectivity index (χ1) is 10.7. The molecule has 1 aliphatic heterocycles. The molecule has 2 heterocycles. The van der Waals surface area contributed by atoms with Crippen molar-refractivity contribution in [3.63, 3.8) is 0 Å². The van der Waals surface area contributed by atoms with E-state index in [0.717, 1.165) is 36.5 Å². The minimum absolute atomic E-state index is 0.321. The van der Waals surface area contributed by atoms with Crippen molar-refractivity contribution >= 4 is 11.8 Å². The average Bonchev–Trinajstić information content (AvgIpc) is 2.70. The second-order valence-electron chi connectivity index (χ2n) is 8.34. The summed E-state index contributed by atoms with van der Waals surface area (Å²) in [5, 5.41) is 3.51. The van der Waals surface area contributed by atoms with Gasteiger partial charge in [-0.05, 0) is 75.5 Å². The van der Waals surface area contributed by atoms with Gasteiger partial charge >= 0.3 is 0 Å². The highest BCUT2D eigenvalue weighted by atomic mass is 15.1. The Bertz CT molecular complexity index is 574. The maximum Gasteiger partial charge on any atom is 0.222 e. The smallest absolute Gasteiger partial charge is 0.222 e. The molecule has 4 bridgehead atoms. The van der Waals surface area contributed by atoms with E-state index in [-0.39, 0.29) is 0 Å². The normalized spacial score (nSPS) is 39.2. The number of hydrogen-bond acceptors (Lipinski definition) is 4. The standard InChI is InChI=1S/C18H26N4/c19-17-21-15(14-3-1-2-4-20-16(14)22-17)18-8-11-5-12(9-18)7-13(6-11)10-18/h11-13H,1-10H2,(H3,19,20,21,22). The summed E-state index contributed by atoms with van der Waals surface area (Å²) in [7, 11) is 0. The zero-order chi connectivity index (χ0) is 14.7. The van der Waals surface area contributed by atoms with E-state index >= 15 is 0 Å². The third-order valence-corrected chi connectivity index (χ3v) is 6.71. The van der Waals surface area contributed by atoms with E-state index in [9.17, 15) is 0 Å². The van der Waals surface area contributed by atoms with Crippen molar-refractivity contribution in [3.8, 4) is 0 Å². The zero-order valence-corrected chi connectivity index (χ0v) is 13.3. The lowest BCUT2D eigenvalue weighted by atomic mass is 9.48.